The first kappa shape index (κ1) is 17.7. The Morgan fingerprint density at radius 2 is 2.04 bits per heavy atom. The molecule has 0 bridgehead atoms. The van der Waals surface area contributed by atoms with Gasteiger partial charge in [0.1, 0.15) is 5.69 Å². The highest BCUT2D eigenvalue weighted by Gasteiger charge is 2.26. The van der Waals surface area contributed by atoms with Gasteiger partial charge < -0.3 is 9.88 Å². The molecule has 1 N–H and O–H groups in total. The molecule has 1 aromatic carbocycles. The van der Waals surface area contributed by atoms with Gasteiger partial charge in [-0.25, -0.2) is 9.67 Å². The van der Waals surface area contributed by atoms with E-state index in [1.54, 1.807) is 22.6 Å². The Balaban J connectivity index is 1.50. The molecule has 0 radical (unpaired) electrons. The van der Waals surface area contributed by atoms with Gasteiger partial charge in [-0.05, 0) is 31.9 Å². The molecule has 3 aromatic rings. The number of rotatable bonds is 6. The maximum atomic E-state index is 12.8. The van der Waals surface area contributed by atoms with Crippen LogP contribution < -0.4 is 10.9 Å². The number of nitrogens with one attached hydrogen (secondary N) is 1. The van der Waals surface area contributed by atoms with Crippen LogP contribution in [0.15, 0.2) is 52.7 Å². The van der Waals surface area contributed by atoms with E-state index in [2.05, 4.69) is 14.9 Å². The smallest absolute Gasteiger partial charge is 0.295 e. The Morgan fingerprint density at radius 1 is 1.30 bits per heavy atom. The van der Waals surface area contributed by atoms with Crippen LogP contribution in [-0.2, 0) is 11.8 Å². The molecule has 0 spiro atoms. The molecule has 1 aliphatic carbocycles. The number of para-hydroxylation sites is 1. The molecule has 1 amide bonds. The van der Waals surface area contributed by atoms with Crippen molar-refractivity contribution >= 4 is 23.4 Å². The molecule has 140 valence electrons. The molecule has 2 heterocycles. The summed E-state index contributed by atoms with van der Waals surface area (Å²) in [7, 11) is 1.81. The first-order valence-electron chi connectivity index (χ1n) is 8.85. The molecule has 7 nitrogen and oxygen atoms in total. The van der Waals surface area contributed by atoms with Gasteiger partial charge in [0, 0.05) is 25.5 Å². The molecule has 0 unspecified atom stereocenters. The minimum atomic E-state index is -0.237. The standard InChI is InChI=1S/C19H21N5O2S/c1-13-17(18(26)24(22(13)2)15-6-4-3-5-7-15)21-16(25)12-27-19-20-10-11-23(19)14-8-9-14/h3-7,10-11,14H,8-9,12H2,1-2H3,(H,21,25). The average Bonchev–Trinajstić information content (AvgIpc) is 3.37. The van der Waals surface area contributed by atoms with Gasteiger partial charge in [0.25, 0.3) is 5.56 Å². The van der Waals surface area contributed by atoms with Crippen LogP contribution in [0.3, 0.4) is 0 Å². The minimum absolute atomic E-state index is 0.211. The van der Waals surface area contributed by atoms with E-state index in [9.17, 15) is 9.59 Å². The van der Waals surface area contributed by atoms with E-state index in [1.165, 1.54) is 24.6 Å². The van der Waals surface area contributed by atoms with E-state index >= 15 is 0 Å². The molecule has 8 heteroatoms. The molecule has 1 fully saturated rings. The van der Waals surface area contributed by atoms with Crippen LogP contribution in [0.4, 0.5) is 5.69 Å². The van der Waals surface area contributed by atoms with Crippen molar-refractivity contribution in [3.63, 3.8) is 0 Å². The lowest BCUT2D eigenvalue weighted by Gasteiger charge is -2.07. The first-order chi connectivity index (χ1) is 13.1. The molecule has 27 heavy (non-hydrogen) atoms. The monoisotopic (exact) mass is 383 g/mol. The van der Waals surface area contributed by atoms with Gasteiger partial charge in [-0.1, -0.05) is 30.0 Å². The average molecular weight is 383 g/mol. The lowest BCUT2D eigenvalue weighted by molar-refractivity contribution is -0.113. The molecule has 0 saturated heterocycles. The SMILES string of the molecule is Cc1c(NC(=O)CSc2nccn2C2CC2)c(=O)n(-c2ccccc2)n1C. The highest BCUT2D eigenvalue weighted by molar-refractivity contribution is 7.99. The summed E-state index contributed by atoms with van der Waals surface area (Å²) in [6, 6.07) is 9.89. The number of nitrogens with zero attached hydrogens (tertiary/aromatic N) is 4. The molecule has 1 saturated carbocycles. The fourth-order valence-corrected chi connectivity index (χ4v) is 3.89. The van der Waals surface area contributed by atoms with Crippen LogP contribution in [-0.4, -0.2) is 30.6 Å². The second kappa shape index (κ2) is 7.11. The van der Waals surface area contributed by atoms with Crippen LogP contribution in [0.5, 0.6) is 0 Å². The lowest BCUT2D eigenvalue weighted by Crippen LogP contribution is -2.23. The summed E-state index contributed by atoms with van der Waals surface area (Å²) in [4.78, 5) is 29.6. The van der Waals surface area contributed by atoms with Crippen molar-refractivity contribution in [1.29, 1.82) is 0 Å². The van der Waals surface area contributed by atoms with E-state index in [0.717, 1.165) is 10.8 Å². The number of carbonyl (C=O) groups excluding carboxylic acids is 1. The van der Waals surface area contributed by atoms with Crippen molar-refractivity contribution in [2.45, 2.75) is 31.0 Å². The zero-order chi connectivity index (χ0) is 19.0. The summed E-state index contributed by atoms with van der Waals surface area (Å²) < 4.78 is 5.42. The van der Waals surface area contributed by atoms with Crippen molar-refractivity contribution in [3.8, 4) is 5.69 Å². The first-order valence-corrected chi connectivity index (χ1v) is 9.84. The Bertz CT molecular complexity index is 1030. The third-order valence-corrected chi connectivity index (χ3v) is 5.71. The maximum absolute atomic E-state index is 12.8. The number of hydrogen-bond acceptors (Lipinski definition) is 4. The summed E-state index contributed by atoms with van der Waals surface area (Å²) >= 11 is 1.39. The fraction of sp³-hybridized carbons (Fsp3) is 0.316. The van der Waals surface area contributed by atoms with Crippen LogP contribution in [0.25, 0.3) is 5.69 Å². The molecule has 0 aliphatic heterocycles. The number of anilines is 1. The fourth-order valence-electron chi connectivity index (χ4n) is 3.06. The molecule has 1 aliphatic rings. The highest BCUT2D eigenvalue weighted by atomic mass is 32.2. The van der Waals surface area contributed by atoms with Gasteiger partial charge in [-0.2, -0.15) is 0 Å². The molecule has 2 aromatic heterocycles. The van der Waals surface area contributed by atoms with E-state index in [1.807, 2.05) is 43.5 Å². The summed E-state index contributed by atoms with van der Waals surface area (Å²) in [6.07, 6.45) is 6.05. The maximum Gasteiger partial charge on any atom is 0.295 e. The normalized spacial score (nSPS) is 13.7. The van der Waals surface area contributed by atoms with Gasteiger partial charge in [0.05, 0.1) is 17.1 Å². The molecular formula is C19H21N5O2S. The zero-order valence-electron chi connectivity index (χ0n) is 15.3. The summed E-state index contributed by atoms with van der Waals surface area (Å²) in [5.41, 5.74) is 1.55. The highest BCUT2D eigenvalue weighted by Crippen LogP contribution is 2.37. The number of aromatic nitrogens is 4. The minimum Gasteiger partial charge on any atom is -0.323 e. The van der Waals surface area contributed by atoms with Gasteiger partial charge in [-0.15, -0.1) is 0 Å². The topological polar surface area (TPSA) is 73.8 Å². The Labute approximate surface area is 161 Å². The summed E-state index contributed by atoms with van der Waals surface area (Å²) in [6.45, 7) is 1.82. The Hall–Kier alpha value is -2.74. The Kier molecular flexibility index (Phi) is 4.65. The predicted octanol–water partition coefficient (Wildman–Crippen LogP) is 2.75. The zero-order valence-corrected chi connectivity index (χ0v) is 16.1. The van der Waals surface area contributed by atoms with Crippen molar-refractivity contribution < 1.29 is 4.79 Å². The second-order valence-corrected chi connectivity index (χ2v) is 7.56. The van der Waals surface area contributed by atoms with Crippen molar-refractivity contribution in [1.82, 2.24) is 18.9 Å². The number of hydrogen-bond donors (Lipinski definition) is 1. The van der Waals surface area contributed by atoms with E-state index in [4.69, 9.17) is 0 Å². The number of benzene rings is 1. The van der Waals surface area contributed by atoms with Crippen molar-refractivity contribution in [2.24, 2.45) is 7.05 Å². The lowest BCUT2D eigenvalue weighted by atomic mass is 10.3. The van der Waals surface area contributed by atoms with Crippen molar-refractivity contribution in [3.05, 3.63) is 58.8 Å². The quantitative estimate of drug-likeness (QED) is 0.664. The van der Waals surface area contributed by atoms with Crippen molar-refractivity contribution in [2.75, 3.05) is 11.1 Å². The van der Waals surface area contributed by atoms with Gasteiger partial charge in [-0.3, -0.25) is 14.3 Å². The van der Waals surface area contributed by atoms with E-state index in [0.29, 0.717) is 17.4 Å². The molecular weight excluding hydrogens is 362 g/mol. The van der Waals surface area contributed by atoms with E-state index in [-0.39, 0.29) is 17.2 Å². The third-order valence-electron chi connectivity index (χ3n) is 4.72. The third kappa shape index (κ3) is 3.44. The van der Waals surface area contributed by atoms with Crippen LogP contribution in [0, 0.1) is 6.92 Å². The predicted molar refractivity (Wildman–Crippen MR) is 106 cm³/mol. The second-order valence-electron chi connectivity index (χ2n) is 6.62. The number of amides is 1. The largest absolute Gasteiger partial charge is 0.323 e. The molecule has 4 rings (SSSR count). The Morgan fingerprint density at radius 3 is 2.74 bits per heavy atom. The van der Waals surface area contributed by atoms with Gasteiger partial charge in [0.15, 0.2) is 5.16 Å². The van der Waals surface area contributed by atoms with Crippen LogP contribution in [0.1, 0.15) is 24.6 Å². The van der Waals surface area contributed by atoms with Gasteiger partial charge in [0.2, 0.25) is 5.91 Å². The van der Waals surface area contributed by atoms with Gasteiger partial charge >= 0.3 is 0 Å². The number of imidazole rings is 1. The van der Waals surface area contributed by atoms with E-state index < -0.39 is 0 Å². The summed E-state index contributed by atoms with van der Waals surface area (Å²) in [5.74, 6) is -0.000550. The number of thioether (sulfide) groups is 1. The number of carbonyl (C=O) groups is 1. The molecule has 0 atom stereocenters. The summed E-state index contributed by atoms with van der Waals surface area (Å²) in [5, 5.41) is 3.63. The van der Waals surface area contributed by atoms with Crippen LogP contribution in [0.2, 0.25) is 0 Å². The van der Waals surface area contributed by atoms with Crippen LogP contribution >= 0.6 is 11.8 Å².